The van der Waals surface area contributed by atoms with Crippen molar-refractivity contribution < 1.29 is 14.2 Å². The van der Waals surface area contributed by atoms with Crippen LogP contribution < -0.4 is 9.13 Å². The molecule has 0 radical (unpaired) electrons. The summed E-state index contributed by atoms with van der Waals surface area (Å²) in [5, 5.41) is 12.0. The van der Waals surface area contributed by atoms with E-state index in [9.17, 15) is 5.11 Å². The molecule has 2 aromatic carbocycles. The van der Waals surface area contributed by atoms with Crippen LogP contribution >= 0.6 is 0 Å². The van der Waals surface area contributed by atoms with Gasteiger partial charge in [0.1, 0.15) is 48.0 Å². The largest absolute Gasteiger partial charge is 0.385 e. The van der Waals surface area contributed by atoms with Gasteiger partial charge in [0, 0.05) is 33.1 Å². The highest BCUT2D eigenvalue weighted by atomic mass is 16.3. The number of nitrogens with zero attached hydrogens (tertiary/aromatic N) is 4. The molecule has 0 amide bonds. The van der Waals surface area contributed by atoms with Crippen LogP contribution in [0.15, 0.2) is 60.7 Å². The molecule has 2 heterocycles. The van der Waals surface area contributed by atoms with Gasteiger partial charge < -0.3 is 5.11 Å². The summed E-state index contributed by atoms with van der Waals surface area (Å²) in [4.78, 5) is 0. The van der Waals surface area contributed by atoms with Gasteiger partial charge in [-0.1, -0.05) is 98.7 Å². The van der Waals surface area contributed by atoms with Crippen molar-refractivity contribution in [2.45, 2.75) is 135 Å². The summed E-state index contributed by atoms with van der Waals surface area (Å²) in [6.45, 7) is 32.0. The topological polar surface area (TPSA) is 37.9 Å². The van der Waals surface area contributed by atoms with Gasteiger partial charge in [0.05, 0.1) is 17.7 Å². The predicted octanol–water partition coefficient (Wildman–Crippen LogP) is 8.95. The second-order valence-electron chi connectivity index (χ2n) is 17.1. The van der Waals surface area contributed by atoms with E-state index in [2.05, 4.69) is 169 Å². The number of aliphatic hydroxyl groups excluding tert-OH is 1. The third kappa shape index (κ3) is 8.02. The van der Waals surface area contributed by atoms with Crippen LogP contribution in [-0.2, 0) is 19.6 Å². The van der Waals surface area contributed by atoms with Crippen LogP contribution in [-0.4, -0.2) is 20.3 Å². The van der Waals surface area contributed by atoms with Crippen molar-refractivity contribution in [2.75, 3.05) is 0 Å². The molecular weight excluding hydrogens is 564 g/mol. The van der Waals surface area contributed by atoms with Crippen LogP contribution in [0, 0.1) is 43.9 Å². The summed E-state index contributed by atoms with van der Waals surface area (Å²) >= 11 is 0. The first kappa shape index (κ1) is 35.7. The van der Waals surface area contributed by atoms with Crippen LogP contribution in [0.2, 0.25) is 0 Å². The molecule has 0 fully saturated rings. The lowest BCUT2D eigenvalue weighted by atomic mass is 9.76. The maximum atomic E-state index is 12.0. The van der Waals surface area contributed by atoms with Crippen LogP contribution in [0.1, 0.15) is 104 Å². The third-order valence-electron chi connectivity index (χ3n) is 9.67. The number of benzene rings is 2. The van der Waals surface area contributed by atoms with Crippen LogP contribution in [0.5, 0.6) is 0 Å². The molecule has 0 saturated heterocycles. The average Bonchev–Trinajstić information content (AvgIpc) is 3.34. The van der Waals surface area contributed by atoms with Gasteiger partial charge in [-0.05, 0) is 47.9 Å². The molecule has 0 saturated carbocycles. The quantitative estimate of drug-likeness (QED) is 0.175. The van der Waals surface area contributed by atoms with Gasteiger partial charge in [-0.15, -0.1) is 0 Å². The Balaban J connectivity index is 1.83. The molecule has 2 unspecified atom stereocenters. The zero-order valence-corrected chi connectivity index (χ0v) is 31.2. The fourth-order valence-corrected chi connectivity index (χ4v) is 6.85. The Kier molecular flexibility index (Phi) is 10.5. The summed E-state index contributed by atoms with van der Waals surface area (Å²) in [5.41, 5.74) is 7.78. The Morgan fingerprint density at radius 2 is 1.09 bits per heavy atom. The first-order valence-corrected chi connectivity index (χ1v) is 17.3. The molecule has 0 aliphatic heterocycles. The van der Waals surface area contributed by atoms with E-state index >= 15 is 0 Å². The standard InChI is InChI=1S/C41H62N4O/c1-29-30(2)43(37(33-20-16-14-17-21-33)42(29)25-24-39(5,6)7)27-35(46)28-44-31(3)32(4)45(38(44)34-22-18-15-19-23-34)36(41(11,12)13)26-40(8,9)10/h14-23,35-36,46H,24-28H2,1-13H3/q+2. The molecule has 1 N–H and O–H groups in total. The molecule has 2 atom stereocenters. The highest BCUT2D eigenvalue weighted by molar-refractivity contribution is 5.54. The van der Waals surface area contributed by atoms with E-state index < -0.39 is 6.10 Å². The molecule has 0 bridgehead atoms. The predicted molar refractivity (Wildman–Crippen MR) is 192 cm³/mol. The third-order valence-corrected chi connectivity index (χ3v) is 9.67. The summed E-state index contributed by atoms with van der Waals surface area (Å²) < 4.78 is 9.80. The van der Waals surface area contributed by atoms with Gasteiger partial charge in [0.25, 0.3) is 11.6 Å². The fraction of sp³-hybridized carbons (Fsp3) is 0.561. The zero-order chi connectivity index (χ0) is 34.2. The second kappa shape index (κ2) is 13.5. The Labute approximate surface area is 279 Å². The van der Waals surface area contributed by atoms with E-state index in [1.807, 2.05) is 0 Å². The van der Waals surface area contributed by atoms with E-state index in [1.54, 1.807) is 0 Å². The number of aliphatic hydroxyl groups is 1. The van der Waals surface area contributed by atoms with Gasteiger partial charge in [-0.3, -0.25) is 0 Å². The van der Waals surface area contributed by atoms with Gasteiger partial charge in [0.2, 0.25) is 0 Å². The molecule has 0 aliphatic rings. The maximum absolute atomic E-state index is 12.0. The van der Waals surface area contributed by atoms with Crippen molar-refractivity contribution in [1.82, 2.24) is 9.13 Å². The molecule has 5 heteroatoms. The lowest BCUT2D eigenvalue weighted by molar-refractivity contribution is -0.732. The van der Waals surface area contributed by atoms with Crippen LogP contribution in [0.25, 0.3) is 22.8 Å². The SMILES string of the molecule is Cc1c(C)[n+](CC(O)C[n+]2c(C)c(C)n(C(CC(C)(C)C)C(C)(C)C)c2-c2ccccc2)c(-c2ccccc2)n1CCC(C)(C)C. The van der Waals surface area contributed by atoms with Gasteiger partial charge in [-0.25, -0.2) is 18.3 Å². The highest BCUT2D eigenvalue weighted by Gasteiger charge is 2.41. The summed E-state index contributed by atoms with van der Waals surface area (Å²) in [6, 6.07) is 21.8. The molecule has 0 spiro atoms. The van der Waals surface area contributed by atoms with Gasteiger partial charge in [0.15, 0.2) is 0 Å². The monoisotopic (exact) mass is 626 g/mol. The minimum absolute atomic E-state index is 0.0501. The lowest BCUT2D eigenvalue weighted by Crippen LogP contribution is -2.50. The summed E-state index contributed by atoms with van der Waals surface area (Å²) in [5.74, 6) is 2.36. The Morgan fingerprint density at radius 3 is 1.54 bits per heavy atom. The molecule has 250 valence electrons. The molecule has 4 aromatic rings. The van der Waals surface area contributed by atoms with Crippen molar-refractivity contribution in [3.63, 3.8) is 0 Å². The van der Waals surface area contributed by atoms with Gasteiger partial charge in [-0.2, -0.15) is 0 Å². The van der Waals surface area contributed by atoms with E-state index in [0.717, 1.165) is 19.4 Å². The molecule has 0 aliphatic carbocycles. The van der Waals surface area contributed by atoms with E-state index in [-0.39, 0.29) is 16.2 Å². The first-order valence-electron chi connectivity index (χ1n) is 17.3. The second-order valence-corrected chi connectivity index (χ2v) is 17.1. The smallest absolute Gasteiger partial charge is 0.289 e. The van der Waals surface area contributed by atoms with Gasteiger partial charge >= 0.3 is 0 Å². The average molecular weight is 627 g/mol. The molecule has 4 rings (SSSR count). The summed E-state index contributed by atoms with van der Waals surface area (Å²) in [7, 11) is 0. The lowest BCUT2D eigenvalue weighted by Gasteiger charge is -2.34. The summed E-state index contributed by atoms with van der Waals surface area (Å²) in [6.07, 6.45) is 1.56. The van der Waals surface area contributed by atoms with Crippen LogP contribution in [0.3, 0.4) is 0 Å². The van der Waals surface area contributed by atoms with Crippen molar-refractivity contribution in [3.05, 3.63) is 83.4 Å². The molecule has 46 heavy (non-hydrogen) atoms. The Morgan fingerprint density at radius 1 is 0.630 bits per heavy atom. The number of hydrogen-bond acceptors (Lipinski definition) is 1. The van der Waals surface area contributed by atoms with E-state index in [1.165, 1.54) is 45.6 Å². The molecule has 5 nitrogen and oxygen atoms in total. The number of aromatic nitrogens is 4. The number of rotatable bonds is 10. The van der Waals surface area contributed by atoms with Crippen LogP contribution in [0.4, 0.5) is 0 Å². The number of hydrogen-bond donors (Lipinski definition) is 1. The first-order chi connectivity index (χ1) is 21.3. The van der Waals surface area contributed by atoms with Crippen molar-refractivity contribution >= 4 is 0 Å². The molecule has 2 aromatic heterocycles. The zero-order valence-electron chi connectivity index (χ0n) is 31.2. The minimum atomic E-state index is -0.582. The Bertz CT molecular complexity index is 1610. The molecular formula is C41H62N4O+2. The van der Waals surface area contributed by atoms with Crippen molar-refractivity contribution in [2.24, 2.45) is 16.2 Å². The van der Waals surface area contributed by atoms with Crippen molar-refractivity contribution in [1.29, 1.82) is 0 Å². The number of imidazole rings is 2. The van der Waals surface area contributed by atoms with E-state index in [4.69, 9.17) is 0 Å². The fourth-order valence-electron chi connectivity index (χ4n) is 6.85. The van der Waals surface area contributed by atoms with E-state index in [0.29, 0.717) is 19.1 Å². The normalized spacial score (nSPS) is 14.1. The highest BCUT2D eigenvalue weighted by Crippen LogP contribution is 2.42. The maximum Gasteiger partial charge on any atom is 0.289 e. The van der Waals surface area contributed by atoms with Crippen molar-refractivity contribution in [3.8, 4) is 22.8 Å². The Hall–Kier alpha value is -3.18. The minimum Gasteiger partial charge on any atom is -0.385 e.